The van der Waals surface area contributed by atoms with Gasteiger partial charge in [-0.2, -0.15) is 0 Å². The number of nitrogens with one attached hydrogen (secondary N) is 2. The van der Waals surface area contributed by atoms with Gasteiger partial charge in [-0.3, -0.25) is 4.99 Å². The summed E-state index contributed by atoms with van der Waals surface area (Å²) < 4.78 is 24.5. The largest absolute Gasteiger partial charge is 0.357 e. The predicted molar refractivity (Wildman–Crippen MR) is 118 cm³/mol. The lowest BCUT2D eigenvalue weighted by molar-refractivity contribution is 0.592. The summed E-state index contributed by atoms with van der Waals surface area (Å²) in [4.78, 5) is 10.3. The molecule has 0 radical (unpaired) electrons. The zero-order valence-electron chi connectivity index (χ0n) is 16.9. The molecule has 1 aromatic carbocycles. The zero-order valence-corrected chi connectivity index (χ0v) is 18.5. The molecule has 0 saturated carbocycles. The molecule has 154 valence electrons. The van der Waals surface area contributed by atoms with E-state index in [4.69, 9.17) is 0 Å². The molecule has 0 amide bonds. The first-order chi connectivity index (χ1) is 13.4. The van der Waals surface area contributed by atoms with Gasteiger partial charge in [0.25, 0.3) is 0 Å². The van der Waals surface area contributed by atoms with E-state index in [0.717, 1.165) is 35.8 Å². The molecule has 28 heavy (non-hydrogen) atoms. The minimum atomic E-state index is -3.12. The Morgan fingerprint density at radius 3 is 2.57 bits per heavy atom. The molecule has 8 heteroatoms. The fourth-order valence-corrected chi connectivity index (χ4v) is 5.00. The lowest BCUT2D eigenvalue weighted by Gasteiger charge is -2.10. The van der Waals surface area contributed by atoms with E-state index in [9.17, 15) is 8.42 Å². The number of thiazole rings is 1. The van der Waals surface area contributed by atoms with Crippen molar-refractivity contribution in [3.63, 3.8) is 0 Å². The Morgan fingerprint density at radius 1 is 1.18 bits per heavy atom. The van der Waals surface area contributed by atoms with Crippen molar-refractivity contribution in [1.82, 2.24) is 15.6 Å². The molecule has 0 spiro atoms. The number of aliphatic imine (C=N–C) groups is 1. The third kappa shape index (κ3) is 7.98. The molecule has 0 aliphatic rings. The topological polar surface area (TPSA) is 83.5 Å². The van der Waals surface area contributed by atoms with Crippen LogP contribution in [0.15, 0.2) is 35.3 Å². The van der Waals surface area contributed by atoms with Crippen LogP contribution >= 0.6 is 11.3 Å². The monoisotopic (exact) mass is 422 g/mol. The molecule has 0 saturated heterocycles. The van der Waals surface area contributed by atoms with Crippen LogP contribution in [-0.4, -0.2) is 44.7 Å². The van der Waals surface area contributed by atoms with Crippen molar-refractivity contribution < 1.29 is 8.42 Å². The van der Waals surface area contributed by atoms with Crippen LogP contribution < -0.4 is 10.6 Å². The van der Waals surface area contributed by atoms with Crippen molar-refractivity contribution in [3.05, 3.63) is 51.5 Å². The van der Waals surface area contributed by atoms with E-state index in [0.29, 0.717) is 18.9 Å². The number of guanidine groups is 1. The maximum Gasteiger partial charge on any atom is 0.191 e. The van der Waals surface area contributed by atoms with Crippen molar-refractivity contribution in [3.8, 4) is 0 Å². The smallest absolute Gasteiger partial charge is 0.191 e. The highest BCUT2D eigenvalue weighted by molar-refractivity contribution is 7.90. The van der Waals surface area contributed by atoms with Crippen molar-refractivity contribution in [2.24, 2.45) is 4.99 Å². The maximum absolute atomic E-state index is 12.2. The van der Waals surface area contributed by atoms with Gasteiger partial charge >= 0.3 is 0 Å². The second kappa shape index (κ2) is 11.2. The molecule has 2 aromatic rings. The van der Waals surface area contributed by atoms with Gasteiger partial charge in [-0.25, -0.2) is 13.4 Å². The first-order valence-electron chi connectivity index (χ1n) is 9.59. The van der Waals surface area contributed by atoms with Crippen molar-refractivity contribution >= 4 is 27.1 Å². The highest BCUT2D eigenvalue weighted by Crippen LogP contribution is 2.16. The number of rotatable bonds is 10. The molecule has 0 fully saturated rings. The SMILES string of the molecule is CCNC(=NCCCS(=O)(=O)Cc1ccccc1)NCCc1nc(C)c(C)s1. The van der Waals surface area contributed by atoms with Crippen LogP contribution in [0, 0.1) is 13.8 Å². The number of aryl methyl sites for hydroxylation is 2. The number of sulfone groups is 1. The Balaban J connectivity index is 1.76. The number of hydrogen-bond donors (Lipinski definition) is 2. The molecule has 0 unspecified atom stereocenters. The summed E-state index contributed by atoms with van der Waals surface area (Å²) in [6, 6.07) is 9.29. The molecule has 0 bridgehead atoms. The Labute approximate surface area is 172 Å². The number of nitrogens with zero attached hydrogens (tertiary/aromatic N) is 2. The maximum atomic E-state index is 12.2. The minimum absolute atomic E-state index is 0.0858. The van der Waals surface area contributed by atoms with Gasteiger partial charge in [0.05, 0.1) is 22.2 Å². The lowest BCUT2D eigenvalue weighted by atomic mass is 10.2. The average molecular weight is 423 g/mol. The van der Waals surface area contributed by atoms with E-state index in [-0.39, 0.29) is 11.5 Å². The van der Waals surface area contributed by atoms with Crippen LogP contribution in [0.2, 0.25) is 0 Å². The van der Waals surface area contributed by atoms with E-state index >= 15 is 0 Å². The van der Waals surface area contributed by atoms with Gasteiger partial charge < -0.3 is 10.6 Å². The first-order valence-corrected chi connectivity index (χ1v) is 12.2. The Morgan fingerprint density at radius 2 is 1.93 bits per heavy atom. The quantitative estimate of drug-likeness (QED) is 0.349. The van der Waals surface area contributed by atoms with Crippen LogP contribution in [-0.2, 0) is 22.0 Å². The minimum Gasteiger partial charge on any atom is -0.357 e. The van der Waals surface area contributed by atoms with Crippen LogP contribution in [0.5, 0.6) is 0 Å². The van der Waals surface area contributed by atoms with Gasteiger partial charge in [0.15, 0.2) is 15.8 Å². The number of hydrogen-bond acceptors (Lipinski definition) is 5. The molecular weight excluding hydrogens is 392 g/mol. The van der Waals surface area contributed by atoms with E-state index in [1.54, 1.807) is 11.3 Å². The van der Waals surface area contributed by atoms with Crippen LogP contribution in [0.3, 0.4) is 0 Å². The molecule has 2 rings (SSSR count). The second-order valence-corrected chi connectivity index (χ2v) is 10.1. The standard InChI is InChI=1S/C20H30N4O2S2/c1-4-21-20(23-13-11-19-24-16(2)17(3)27-19)22-12-8-14-28(25,26)15-18-9-6-5-7-10-18/h5-7,9-10H,4,8,11-15H2,1-3H3,(H2,21,22,23). The van der Waals surface area contributed by atoms with Gasteiger partial charge in [0.2, 0.25) is 0 Å². The Kier molecular flexibility index (Phi) is 8.92. The molecule has 0 aliphatic carbocycles. The third-order valence-electron chi connectivity index (χ3n) is 4.16. The van der Waals surface area contributed by atoms with Gasteiger partial charge in [0, 0.05) is 30.9 Å². The first kappa shape index (κ1) is 22.4. The van der Waals surface area contributed by atoms with Crippen molar-refractivity contribution in [2.45, 2.75) is 39.4 Å². The van der Waals surface area contributed by atoms with Gasteiger partial charge in [-0.05, 0) is 32.8 Å². The fourth-order valence-electron chi connectivity index (χ4n) is 2.65. The molecule has 6 nitrogen and oxygen atoms in total. The van der Waals surface area contributed by atoms with E-state index in [1.807, 2.05) is 44.2 Å². The summed E-state index contributed by atoms with van der Waals surface area (Å²) in [6.45, 7) is 8.09. The molecule has 2 N–H and O–H groups in total. The van der Waals surface area contributed by atoms with E-state index in [1.165, 1.54) is 4.88 Å². The normalized spacial score (nSPS) is 12.2. The molecule has 1 heterocycles. The lowest BCUT2D eigenvalue weighted by Crippen LogP contribution is -2.38. The van der Waals surface area contributed by atoms with Crippen LogP contribution in [0.25, 0.3) is 0 Å². The van der Waals surface area contributed by atoms with E-state index < -0.39 is 9.84 Å². The molecule has 1 aromatic heterocycles. The zero-order chi connectivity index (χ0) is 20.4. The Hall–Kier alpha value is -1.93. The number of aromatic nitrogens is 1. The Bertz CT molecular complexity index is 842. The summed E-state index contributed by atoms with van der Waals surface area (Å²) in [7, 11) is -3.12. The summed E-state index contributed by atoms with van der Waals surface area (Å²) in [6.07, 6.45) is 1.35. The summed E-state index contributed by atoms with van der Waals surface area (Å²) in [5.41, 5.74) is 1.92. The molecular formula is C20H30N4O2S2. The van der Waals surface area contributed by atoms with Crippen molar-refractivity contribution in [2.75, 3.05) is 25.4 Å². The summed E-state index contributed by atoms with van der Waals surface area (Å²) in [5, 5.41) is 7.60. The van der Waals surface area contributed by atoms with Crippen LogP contribution in [0.4, 0.5) is 0 Å². The predicted octanol–water partition coefficient (Wildman–Crippen LogP) is 2.86. The van der Waals surface area contributed by atoms with Gasteiger partial charge in [-0.15, -0.1) is 11.3 Å². The molecule has 0 aliphatic heterocycles. The summed E-state index contributed by atoms with van der Waals surface area (Å²) in [5.74, 6) is 0.943. The van der Waals surface area contributed by atoms with Crippen LogP contribution in [0.1, 0.15) is 34.5 Å². The fraction of sp³-hybridized carbons (Fsp3) is 0.500. The van der Waals surface area contributed by atoms with Gasteiger partial charge in [0.1, 0.15) is 0 Å². The number of benzene rings is 1. The van der Waals surface area contributed by atoms with E-state index in [2.05, 4.69) is 27.5 Å². The highest BCUT2D eigenvalue weighted by Gasteiger charge is 2.11. The average Bonchev–Trinajstić information content (AvgIpc) is 2.97. The van der Waals surface area contributed by atoms with Gasteiger partial charge in [-0.1, -0.05) is 30.3 Å². The third-order valence-corrected chi connectivity index (χ3v) is 6.98. The highest BCUT2D eigenvalue weighted by atomic mass is 32.2. The second-order valence-electron chi connectivity index (χ2n) is 6.62. The summed E-state index contributed by atoms with van der Waals surface area (Å²) >= 11 is 1.73. The molecule has 0 atom stereocenters. The van der Waals surface area contributed by atoms with Crippen molar-refractivity contribution in [1.29, 1.82) is 0 Å².